The minimum absolute atomic E-state index is 0.0295. The molecular weight excluding hydrogens is 467 g/mol. The maximum Gasteiger partial charge on any atom is 0.261 e. The van der Waals surface area contributed by atoms with Gasteiger partial charge in [-0.2, -0.15) is 0 Å². The van der Waals surface area contributed by atoms with Crippen molar-refractivity contribution >= 4 is 11.8 Å². The van der Waals surface area contributed by atoms with E-state index in [0.29, 0.717) is 17.7 Å². The number of hydrogen-bond donors (Lipinski definition) is 1. The molecule has 37 heavy (non-hydrogen) atoms. The van der Waals surface area contributed by atoms with Crippen LogP contribution in [-0.4, -0.2) is 35.4 Å². The average Bonchev–Trinajstić information content (AvgIpc) is 2.92. The zero-order valence-corrected chi connectivity index (χ0v) is 21.4. The summed E-state index contributed by atoms with van der Waals surface area (Å²) in [5, 5.41) is 3.19. The fraction of sp³-hybridized carbons (Fsp3) is 0.355. The highest BCUT2D eigenvalue weighted by Crippen LogP contribution is 2.21. The molecule has 2 amide bonds. The molecule has 1 fully saturated rings. The summed E-state index contributed by atoms with van der Waals surface area (Å²) >= 11 is 0. The van der Waals surface area contributed by atoms with Gasteiger partial charge in [-0.15, -0.1) is 0 Å². The predicted octanol–water partition coefficient (Wildman–Crippen LogP) is 5.60. The summed E-state index contributed by atoms with van der Waals surface area (Å²) in [4.78, 5) is 28.9. The number of carbonyl (C=O) groups excluding carboxylic acids is 2. The van der Waals surface area contributed by atoms with Gasteiger partial charge >= 0.3 is 0 Å². The van der Waals surface area contributed by atoms with Gasteiger partial charge in [0.05, 0.1) is 0 Å². The van der Waals surface area contributed by atoms with E-state index in [1.54, 1.807) is 24.3 Å². The summed E-state index contributed by atoms with van der Waals surface area (Å²) in [6.45, 7) is 1.63. The van der Waals surface area contributed by atoms with Crippen LogP contribution >= 0.6 is 0 Å². The van der Waals surface area contributed by atoms with Crippen molar-refractivity contribution < 1.29 is 18.7 Å². The summed E-state index contributed by atoms with van der Waals surface area (Å²) in [5.41, 5.74) is 2.19. The molecule has 0 radical (unpaired) electrons. The Labute approximate surface area is 218 Å². The standard InChI is InChI=1S/C31H35FN2O3/c1-23-12-8-11-19-29(23)37-22-30(35)34(21-25-15-9-10-18-27(25)32)28(20-24-13-4-2-5-14-24)31(36)33-26-16-6-3-7-17-26/h2,4-5,8-15,18-19,26,28H,3,6-7,16-17,20-22H2,1H3,(H,33,36)/t28-/m1/s1. The van der Waals surface area contributed by atoms with Crippen LogP contribution in [0.2, 0.25) is 0 Å². The van der Waals surface area contributed by atoms with E-state index in [2.05, 4.69) is 5.32 Å². The molecule has 0 bridgehead atoms. The third-order valence-corrected chi connectivity index (χ3v) is 6.97. The zero-order valence-electron chi connectivity index (χ0n) is 21.4. The van der Waals surface area contributed by atoms with Gasteiger partial charge in [-0.3, -0.25) is 9.59 Å². The molecule has 1 aliphatic carbocycles. The smallest absolute Gasteiger partial charge is 0.261 e. The number of rotatable bonds is 10. The van der Waals surface area contributed by atoms with Crippen LogP contribution in [0.4, 0.5) is 4.39 Å². The molecule has 0 aromatic heterocycles. The molecule has 1 aliphatic rings. The van der Waals surface area contributed by atoms with Gasteiger partial charge in [0.25, 0.3) is 5.91 Å². The fourth-order valence-corrected chi connectivity index (χ4v) is 4.85. The number of halogens is 1. The van der Waals surface area contributed by atoms with E-state index in [1.165, 1.54) is 17.4 Å². The van der Waals surface area contributed by atoms with Crippen molar-refractivity contribution in [1.82, 2.24) is 10.2 Å². The summed E-state index contributed by atoms with van der Waals surface area (Å²) in [7, 11) is 0. The van der Waals surface area contributed by atoms with Gasteiger partial charge in [0.2, 0.25) is 5.91 Å². The lowest BCUT2D eigenvalue weighted by molar-refractivity contribution is -0.143. The molecule has 3 aromatic rings. The first-order chi connectivity index (χ1) is 18.0. The molecule has 0 saturated heterocycles. The first-order valence-electron chi connectivity index (χ1n) is 13.1. The highest BCUT2D eigenvalue weighted by molar-refractivity contribution is 5.88. The van der Waals surface area contributed by atoms with E-state index in [1.807, 2.05) is 55.5 Å². The number of hydrogen-bond acceptors (Lipinski definition) is 3. The fourth-order valence-electron chi connectivity index (χ4n) is 4.85. The summed E-state index contributed by atoms with van der Waals surface area (Å²) in [5.74, 6) is -0.387. The van der Waals surface area contributed by atoms with Crippen molar-refractivity contribution in [3.8, 4) is 5.75 Å². The second-order valence-electron chi connectivity index (χ2n) is 9.72. The Balaban J connectivity index is 1.62. The molecule has 6 heteroatoms. The number of aryl methyl sites for hydroxylation is 1. The molecule has 5 nitrogen and oxygen atoms in total. The number of ether oxygens (including phenoxy) is 1. The highest BCUT2D eigenvalue weighted by atomic mass is 19.1. The van der Waals surface area contributed by atoms with Crippen LogP contribution in [0.25, 0.3) is 0 Å². The average molecular weight is 503 g/mol. The third-order valence-electron chi connectivity index (χ3n) is 6.97. The summed E-state index contributed by atoms with van der Waals surface area (Å²) in [6.07, 6.45) is 5.52. The van der Waals surface area contributed by atoms with Gasteiger partial charge in [-0.1, -0.05) is 86.0 Å². The van der Waals surface area contributed by atoms with Crippen molar-refractivity contribution in [1.29, 1.82) is 0 Å². The lowest BCUT2D eigenvalue weighted by Crippen LogP contribution is -2.53. The SMILES string of the molecule is Cc1ccccc1OCC(=O)N(Cc1ccccc1F)[C@H](Cc1ccccc1)C(=O)NC1CCCCC1. The summed E-state index contributed by atoms with van der Waals surface area (Å²) in [6, 6.07) is 22.7. The Bertz CT molecular complexity index is 1180. The van der Waals surface area contributed by atoms with Crippen LogP contribution in [0.1, 0.15) is 48.8 Å². The van der Waals surface area contributed by atoms with Crippen molar-refractivity contribution in [3.63, 3.8) is 0 Å². The Morgan fingerprint density at radius 1 is 0.946 bits per heavy atom. The van der Waals surface area contributed by atoms with E-state index in [0.717, 1.165) is 36.8 Å². The molecule has 1 N–H and O–H groups in total. The lowest BCUT2D eigenvalue weighted by atomic mass is 9.94. The van der Waals surface area contributed by atoms with Crippen LogP contribution in [0.3, 0.4) is 0 Å². The predicted molar refractivity (Wildman–Crippen MR) is 143 cm³/mol. The number of carbonyl (C=O) groups is 2. The molecule has 3 aromatic carbocycles. The normalized spacial score (nSPS) is 14.5. The topological polar surface area (TPSA) is 58.6 Å². The van der Waals surface area contributed by atoms with Gasteiger partial charge < -0.3 is 15.0 Å². The molecule has 4 rings (SSSR count). The molecule has 0 heterocycles. The molecule has 1 saturated carbocycles. The van der Waals surface area contributed by atoms with Crippen LogP contribution in [0, 0.1) is 12.7 Å². The number of nitrogens with zero attached hydrogens (tertiary/aromatic N) is 1. The monoisotopic (exact) mass is 502 g/mol. The number of amides is 2. The van der Waals surface area contributed by atoms with E-state index in [9.17, 15) is 14.0 Å². The summed E-state index contributed by atoms with van der Waals surface area (Å²) < 4.78 is 20.6. The Morgan fingerprint density at radius 3 is 2.35 bits per heavy atom. The van der Waals surface area contributed by atoms with Crippen molar-refractivity contribution in [2.24, 2.45) is 0 Å². The molecule has 1 atom stereocenters. The van der Waals surface area contributed by atoms with Crippen molar-refractivity contribution in [3.05, 3.63) is 101 Å². The van der Waals surface area contributed by atoms with Crippen LogP contribution in [-0.2, 0) is 22.6 Å². The Hall–Kier alpha value is -3.67. The largest absolute Gasteiger partial charge is 0.484 e. The maximum atomic E-state index is 14.7. The molecule has 0 aliphatic heterocycles. The van der Waals surface area contributed by atoms with Crippen LogP contribution in [0.5, 0.6) is 5.75 Å². The Morgan fingerprint density at radius 2 is 1.62 bits per heavy atom. The van der Waals surface area contributed by atoms with Crippen LogP contribution < -0.4 is 10.1 Å². The molecule has 194 valence electrons. The van der Waals surface area contributed by atoms with Gasteiger partial charge in [0, 0.05) is 24.6 Å². The minimum Gasteiger partial charge on any atom is -0.484 e. The van der Waals surface area contributed by atoms with E-state index in [4.69, 9.17) is 4.74 Å². The first kappa shape index (κ1) is 26.4. The van der Waals surface area contributed by atoms with E-state index in [-0.39, 0.29) is 31.0 Å². The van der Waals surface area contributed by atoms with Gasteiger partial charge in [0.15, 0.2) is 6.61 Å². The number of benzene rings is 3. The minimum atomic E-state index is -0.808. The molecular formula is C31H35FN2O3. The molecule has 0 unspecified atom stereocenters. The number of nitrogens with one attached hydrogen (secondary N) is 1. The Kier molecular flexibility index (Phi) is 9.30. The second kappa shape index (κ2) is 13.0. The maximum absolute atomic E-state index is 14.7. The van der Waals surface area contributed by atoms with Gasteiger partial charge in [0.1, 0.15) is 17.6 Å². The van der Waals surface area contributed by atoms with Gasteiger partial charge in [-0.25, -0.2) is 4.39 Å². The van der Waals surface area contributed by atoms with Crippen molar-refractivity contribution in [2.45, 2.75) is 64.1 Å². The first-order valence-corrected chi connectivity index (χ1v) is 13.1. The lowest BCUT2D eigenvalue weighted by Gasteiger charge is -2.33. The molecule has 0 spiro atoms. The number of para-hydroxylation sites is 1. The van der Waals surface area contributed by atoms with E-state index >= 15 is 0 Å². The highest BCUT2D eigenvalue weighted by Gasteiger charge is 2.32. The third kappa shape index (κ3) is 7.42. The van der Waals surface area contributed by atoms with Crippen LogP contribution in [0.15, 0.2) is 78.9 Å². The van der Waals surface area contributed by atoms with E-state index < -0.39 is 11.9 Å². The van der Waals surface area contributed by atoms with Gasteiger partial charge in [-0.05, 0) is 43.0 Å². The quantitative estimate of drug-likeness (QED) is 0.393. The van der Waals surface area contributed by atoms with Crippen molar-refractivity contribution in [2.75, 3.05) is 6.61 Å². The second-order valence-corrected chi connectivity index (χ2v) is 9.72. The zero-order chi connectivity index (χ0) is 26.0.